The van der Waals surface area contributed by atoms with Crippen LogP contribution in [0.15, 0.2) is 21.1 Å². The van der Waals surface area contributed by atoms with Gasteiger partial charge < -0.3 is 11.5 Å². The van der Waals surface area contributed by atoms with E-state index >= 15 is 0 Å². The van der Waals surface area contributed by atoms with Gasteiger partial charge in [-0.1, -0.05) is 15.9 Å². The summed E-state index contributed by atoms with van der Waals surface area (Å²) in [5.74, 6) is -1.02. The van der Waals surface area contributed by atoms with Crippen LogP contribution in [0.3, 0.4) is 0 Å². The quantitative estimate of drug-likeness (QED) is 0.829. The zero-order valence-corrected chi connectivity index (χ0v) is 10.8. The number of hydrogen-bond acceptors (Lipinski definition) is 2. The molecule has 1 aromatic carbocycles. The van der Waals surface area contributed by atoms with Crippen LogP contribution in [-0.2, 0) is 4.79 Å². The van der Waals surface area contributed by atoms with Gasteiger partial charge >= 0.3 is 0 Å². The zero-order valence-electron chi connectivity index (χ0n) is 7.64. The van der Waals surface area contributed by atoms with Crippen LogP contribution in [0.1, 0.15) is 18.0 Å². The first-order valence-corrected chi connectivity index (χ1v) is 5.68. The molecule has 0 aromatic heterocycles. The van der Waals surface area contributed by atoms with E-state index in [0.717, 1.165) is 0 Å². The van der Waals surface area contributed by atoms with Crippen LogP contribution in [0.25, 0.3) is 0 Å². The van der Waals surface area contributed by atoms with Crippen LogP contribution in [0.4, 0.5) is 4.39 Å². The Morgan fingerprint density at radius 2 is 2.07 bits per heavy atom. The third-order valence-electron chi connectivity index (χ3n) is 1.84. The molecule has 0 bridgehead atoms. The topological polar surface area (TPSA) is 69.1 Å². The Morgan fingerprint density at radius 1 is 1.47 bits per heavy atom. The molecule has 0 aliphatic rings. The summed E-state index contributed by atoms with van der Waals surface area (Å²) in [4.78, 5) is 10.7. The van der Waals surface area contributed by atoms with Gasteiger partial charge in [0.1, 0.15) is 5.82 Å². The highest BCUT2D eigenvalue weighted by atomic mass is 79.9. The zero-order chi connectivity index (χ0) is 11.6. The Hall–Kier alpha value is -0.460. The standard InChI is InChI=1S/C9H9Br2FN2O/c10-4-1-5(7(13)3-8(14)15)9(12)6(11)2-4/h1-2,7H,3,13H2,(H2,14,15). The van der Waals surface area contributed by atoms with Crippen LogP contribution in [0.5, 0.6) is 0 Å². The van der Waals surface area contributed by atoms with Crippen molar-refractivity contribution in [3.8, 4) is 0 Å². The van der Waals surface area contributed by atoms with Gasteiger partial charge in [0.25, 0.3) is 0 Å². The largest absolute Gasteiger partial charge is 0.370 e. The molecule has 0 radical (unpaired) electrons. The van der Waals surface area contributed by atoms with E-state index in [1.165, 1.54) is 6.07 Å². The minimum Gasteiger partial charge on any atom is -0.370 e. The number of benzene rings is 1. The van der Waals surface area contributed by atoms with Gasteiger partial charge in [-0.3, -0.25) is 4.79 Å². The maximum atomic E-state index is 13.6. The smallest absolute Gasteiger partial charge is 0.219 e. The van der Waals surface area contributed by atoms with Crippen LogP contribution in [0.2, 0.25) is 0 Å². The Bertz CT molecular complexity index is 398. The Kier molecular flexibility index (Phi) is 4.24. The molecule has 1 atom stereocenters. The average molecular weight is 340 g/mol. The van der Waals surface area contributed by atoms with Crippen molar-refractivity contribution in [2.75, 3.05) is 0 Å². The predicted octanol–water partition coefficient (Wildman–Crippen LogP) is 2.23. The van der Waals surface area contributed by atoms with Crippen molar-refractivity contribution in [1.29, 1.82) is 0 Å². The van der Waals surface area contributed by atoms with E-state index in [1.807, 2.05) is 0 Å². The van der Waals surface area contributed by atoms with E-state index in [4.69, 9.17) is 11.5 Å². The Morgan fingerprint density at radius 3 is 2.60 bits per heavy atom. The fraction of sp³-hybridized carbons (Fsp3) is 0.222. The Balaban J connectivity index is 3.07. The normalized spacial score (nSPS) is 12.5. The van der Waals surface area contributed by atoms with E-state index in [2.05, 4.69) is 31.9 Å². The molecule has 0 aliphatic heterocycles. The second-order valence-corrected chi connectivity index (χ2v) is 4.84. The summed E-state index contributed by atoms with van der Waals surface area (Å²) >= 11 is 6.27. The van der Waals surface area contributed by atoms with E-state index in [1.54, 1.807) is 6.07 Å². The van der Waals surface area contributed by atoms with Crippen LogP contribution >= 0.6 is 31.9 Å². The Labute approximate surface area is 103 Å². The second kappa shape index (κ2) is 5.05. The van der Waals surface area contributed by atoms with Gasteiger partial charge in [-0.05, 0) is 28.1 Å². The van der Waals surface area contributed by atoms with Crippen molar-refractivity contribution >= 4 is 37.8 Å². The molecule has 4 N–H and O–H groups in total. The molecule has 0 saturated heterocycles. The predicted molar refractivity (Wildman–Crippen MR) is 62.5 cm³/mol. The monoisotopic (exact) mass is 338 g/mol. The van der Waals surface area contributed by atoms with E-state index in [-0.39, 0.29) is 12.0 Å². The first-order chi connectivity index (χ1) is 6.91. The van der Waals surface area contributed by atoms with Crippen molar-refractivity contribution in [2.45, 2.75) is 12.5 Å². The lowest BCUT2D eigenvalue weighted by atomic mass is 10.0. The molecule has 0 spiro atoms. The summed E-state index contributed by atoms with van der Waals surface area (Å²) in [6, 6.07) is 2.38. The summed E-state index contributed by atoms with van der Waals surface area (Å²) in [5.41, 5.74) is 10.9. The number of rotatable bonds is 3. The van der Waals surface area contributed by atoms with Crippen molar-refractivity contribution in [3.05, 3.63) is 32.5 Å². The molecule has 3 nitrogen and oxygen atoms in total. The molecule has 0 fully saturated rings. The summed E-state index contributed by atoms with van der Waals surface area (Å²) in [7, 11) is 0. The van der Waals surface area contributed by atoms with Crippen LogP contribution < -0.4 is 11.5 Å². The molecule has 1 rings (SSSR count). The van der Waals surface area contributed by atoms with E-state index < -0.39 is 17.8 Å². The lowest BCUT2D eigenvalue weighted by Crippen LogP contribution is -2.21. The number of amides is 1. The van der Waals surface area contributed by atoms with Gasteiger partial charge in [0, 0.05) is 22.5 Å². The molecule has 0 saturated carbocycles. The van der Waals surface area contributed by atoms with Crippen molar-refractivity contribution in [3.63, 3.8) is 0 Å². The first-order valence-electron chi connectivity index (χ1n) is 4.10. The SMILES string of the molecule is NC(=O)CC(N)c1cc(Br)cc(Br)c1F. The third kappa shape index (κ3) is 3.25. The maximum absolute atomic E-state index is 13.6. The van der Waals surface area contributed by atoms with Crippen LogP contribution in [-0.4, -0.2) is 5.91 Å². The number of primary amides is 1. The van der Waals surface area contributed by atoms with Gasteiger partial charge in [-0.25, -0.2) is 4.39 Å². The fourth-order valence-electron chi connectivity index (χ4n) is 1.17. The van der Waals surface area contributed by atoms with Crippen molar-refractivity contribution in [2.24, 2.45) is 11.5 Å². The van der Waals surface area contributed by atoms with Gasteiger partial charge in [0.2, 0.25) is 5.91 Å². The number of nitrogens with two attached hydrogens (primary N) is 2. The first kappa shape index (κ1) is 12.6. The maximum Gasteiger partial charge on any atom is 0.219 e. The molecule has 1 amide bonds. The molecule has 0 heterocycles. The lowest BCUT2D eigenvalue weighted by molar-refractivity contribution is -0.118. The van der Waals surface area contributed by atoms with E-state index in [0.29, 0.717) is 8.95 Å². The van der Waals surface area contributed by atoms with E-state index in [9.17, 15) is 9.18 Å². The summed E-state index contributed by atoms with van der Waals surface area (Å²) in [6.07, 6.45) is -0.0835. The summed E-state index contributed by atoms with van der Waals surface area (Å²) in [5, 5.41) is 0. The highest BCUT2D eigenvalue weighted by Crippen LogP contribution is 2.28. The molecular formula is C9H9Br2FN2O. The molecule has 1 unspecified atom stereocenters. The second-order valence-electron chi connectivity index (χ2n) is 3.07. The third-order valence-corrected chi connectivity index (χ3v) is 2.88. The number of hydrogen-bond donors (Lipinski definition) is 2. The van der Waals surface area contributed by atoms with Gasteiger partial charge in [0.15, 0.2) is 0 Å². The molecule has 6 heteroatoms. The van der Waals surface area contributed by atoms with Gasteiger partial charge in [-0.15, -0.1) is 0 Å². The minimum absolute atomic E-state index is 0.0835. The van der Waals surface area contributed by atoms with Gasteiger partial charge in [-0.2, -0.15) is 0 Å². The highest BCUT2D eigenvalue weighted by Gasteiger charge is 2.16. The average Bonchev–Trinajstić information content (AvgIpc) is 2.09. The lowest BCUT2D eigenvalue weighted by Gasteiger charge is -2.12. The molecular weight excluding hydrogens is 331 g/mol. The van der Waals surface area contributed by atoms with Crippen molar-refractivity contribution in [1.82, 2.24) is 0 Å². The number of carbonyl (C=O) groups is 1. The number of halogens is 3. The summed E-state index contributed by atoms with van der Waals surface area (Å²) in [6.45, 7) is 0. The molecule has 0 aliphatic carbocycles. The molecule has 82 valence electrons. The highest BCUT2D eigenvalue weighted by molar-refractivity contribution is 9.11. The van der Waals surface area contributed by atoms with Crippen LogP contribution in [0, 0.1) is 5.82 Å². The fourth-order valence-corrected chi connectivity index (χ4v) is 2.43. The van der Waals surface area contributed by atoms with Crippen molar-refractivity contribution < 1.29 is 9.18 Å². The number of carbonyl (C=O) groups excluding carboxylic acids is 1. The molecule has 1 aromatic rings. The summed E-state index contributed by atoms with van der Waals surface area (Å²) < 4.78 is 14.6. The minimum atomic E-state index is -0.726. The molecule has 15 heavy (non-hydrogen) atoms. The van der Waals surface area contributed by atoms with Gasteiger partial charge in [0.05, 0.1) is 4.47 Å².